The molecule has 144 valence electrons. The van der Waals surface area contributed by atoms with Crippen molar-refractivity contribution in [3.05, 3.63) is 52.0 Å². The smallest absolute Gasteiger partial charge is 0.330 e. The number of nitrogens with two attached hydrogens (primary N) is 1. The number of para-hydroxylation sites is 1. The summed E-state index contributed by atoms with van der Waals surface area (Å²) >= 11 is 2.34. The van der Waals surface area contributed by atoms with Gasteiger partial charge >= 0.3 is 6.18 Å². The van der Waals surface area contributed by atoms with E-state index in [-0.39, 0.29) is 34.5 Å². The molecule has 0 unspecified atom stereocenters. The Kier molecular flexibility index (Phi) is 7.21. The molecule has 2 aromatic heterocycles. The van der Waals surface area contributed by atoms with Gasteiger partial charge in [0.1, 0.15) is 5.03 Å². The van der Waals surface area contributed by atoms with E-state index in [0.29, 0.717) is 23.2 Å². The standard InChI is InChI=1S/C17H14F3N3OS2.ClH/c18-17(19,20)16-22-12-4-2-1-3-11(12)15(23-16)25-9-13(24)14-6-5-10(26-14)7-8-21;/h1-6H,7-9,21H2;1H. The van der Waals surface area contributed by atoms with E-state index in [2.05, 4.69) is 9.97 Å². The second-order valence-electron chi connectivity index (χ2n) is 5.38. The van der Waals surface area contributed by atoms with Gasteiger partial charge in [-0.2, -0.15) is 13.2 Å². The Morgan fingerprint density at radius 2 is 1.89 bits per heavy atom. The third-order valence-corrected chi connectivity index (χ3v) is 5.67. The first-order valence-corrected chi connectivity index (χ1v) is 9.47. The molecular weight excluding hydrogens is 419 g/mol. The first-order valence-electron chi connectivity index (χ1n) is 7.67. The maximum absolute atomic E-state index is 13.0. The largest absolute Gasteiger partial charge is 0.451 e. The molecule has 0 aliphatic rings. The molecular formula is C17H15ClF3N3OS2. The summed E-state index contributed by atoms with van der Waals surface area (Å²) in [6.07, 6.45) is -3.95. The molecule has 10 heteroatoms. The Bertz CT molecular complexity index is 947. The summed E-state index contributed by atoms with van der Waals surface area (Å²) in [5.74, 6) is -1.35. The van der Waals surface area contributed by atoms with Crippen LogP contribution < -0.4 is 5.73 Å². The third-order valence-electron chi connectivity index (χ3n) is 3.49. The number of halogens is 4. The Labute approximate surface area is 167 Å². The number of benzene rings is 1. The van der Waals surface area contributed by atoms with Gasteiger partial charge in [-0.25, -0.2) is 9.97 Å². The molecule has 3 aromatic rings. The van der Waals surface area contributed by atoms with Gasteiger partial charge < -0.3 is 5.73 Å². The molecule has 3 rings (SSSR count). The van der Waals surface area contributed by atoms with Crippen LogP contribution in [0.25, 0.3) is 10.9 Å². The first kappa shape index (κ1) is 21.6. The van der Waals surface area contributed by atoms with Crippen LogP contribution in [0.2, 0.25) is 0 Å². The molecule has 0 atom stereocenters. The number of Topliss-reactive ketones (excluding diaryl/α,β-unsaturated/α-hetero) is 1. The highest BCUT2D eigenvalue weighted by atomic mass is 35.5. The van der Waals surface area contributed by atoms with Crippen LogP contribution in [-0.4, -0.2) is 28.0 Å². The minimum Gasteiger partial charge on any atom is -0.330 e. The van der Waals surface area contributed by atoms with Crippen molar-refractivity contribution >= 4 is 52.2 Å². The van der Waals surface area contributed by atoms with Crippen molar-refractivity contribution < 1.29 is 18.0 Å². The Balaban J connectivity index is 0.00000261. The minimum atomic E-state index is -4.64. The van der Waals surface area contributed by atoms with Crippen molar-refractivity contribution in [3.63, 3.8) is 0 Å². The van der Waals surface area contributed by atoms with E-state index < -0.39 is 12.0 Å². The van der Waals surface area contributed by atoms with Gasteiger partial charge in [-0.3, -0.25) is 4.79 Å². The molecule has 0 aliphatic heterocycles. The summed E-state index contributed by atoms with van der Waals surface area (Å²) in [4.78, 5) is 21.1. The maximum Gasteiger partial charge on any atom is 0.451 e. The first-order chi connectivity index (χ1) is 12.4. The van der Waals surface area contributed by atoms with Crippen LogP contribution in [0.1, 0.15) is 20.4 Å². The van der Waals surface area contributed by atoms with Gasteiger partial charge in [0.05, 0.1) is 16.1 Å². The fraction of sp³-hybridized carbons (Fsp3) is 0.235. The lowest BCUT2D eigenvalue weighted by Crippen LogP contribution is -2.12. The Hall–Kier alpha value is -1.68. The normalized spacial score (nSPS) is 11.4. The van der Waals surface area contributed by atoms with E-state index in [9.17, 15) is 18.0 Å². The molecule has 0 amide bonds. The summed E-state index contributed by atoms with van der Waals surface area (Å²) in [5.41, 5.74) is 5.69. The summed E-state index contributed by atoms with van der Waals surface area (Å²) < 4.78 is 39.1. The van der Waals surface area contributed by atoms with Gasteiger partial charge in [-0.05, 0) is 31.2 Å². The number of thioether (sulfide) groups is 1. The number of nitrogens with zero attached hydrogens (tertiary/aromatic N) is 2. The number of hydrogen-bond donors (Lipinski definition) is 1. The molecule has 0 saturated heterocycles. The van der Waals surface area contributed by atoms with Crippen molar-refractivity contribution in [1.29, 1.82) is 0 Å². The van der Waals surface area contributed by atoms with Crippen LogP contribution in [0.4, 0.5) is 13.2 Å². The van der Waals surface area contributed by atoms with Crippen molar-refractivity contribution in [2.75, 3.05) is 12.3 Å². The van der Waals surface area contributed by atoms with E-state index in [1.807, 2.05) is 6.07 Å². The van der Waals surface area contributed by atoms with E-state index in [1.54, 1.807) is 24.3 Å². The van der Waals surface area contributed by atoms with Crippen molar-refractivity contribution in [2.45, 2.75) is 17.6 Å². The summed E-state index contributed by atoms with van der Waals surface area (Å²) in [6, 6.07) is 10.0. The van der Waals surface area contributed by atoms with E-state index >= 15 is 0 Å². The summed E-state index contributed by atoms with van der Waals surface area (Å²) in [5, 5.41) is 0.642. The van der Waals surface area contributed by atoms with Crippen LogP contribution in [0.5, 0.6) is 0 Å². The average Bonchev–Trinajstić information content (AvgIpc) is 3.07. The van der Waals surface area contributed by atoms with Gasteiger partial charge in [0, 0.05) is 10.3 Å². The zero-order valence-electron chi connectivity index (χ0n) is 13.8. The fourth-order valence-electron chi connectivity index (χ4n) is 2.29. The Morgan fingerprint density at radius 1 is 1.15 bits per heavy atom. The lowest BCUT2D eigenvalue weighted by atomic mass is 10.2. The van der Waals surface area contributed by atoms with Crippen LogP contribution in [0.3, 0.4) is 0 Å². The number of ketones is 1. The van der Waals surface area contributed by atoms with E-state index in [1.165, 1.54) is 17.4 Å². The van der Waals surface area contributed by atoms with Gasteiger partial charge in [0.15, 0.2) is 5.78 Å². The highest BCUT2D eigenvalue weighted by molar-refractivity contribution is 8.00. The second kappa shape index (κ2) is 9.01. The molecule has 2 N–H and O–H groups in total. The van der Waals surface area contributed by atoms with E-state index in [4.69, 9.17) is 5.73 Å². The SMILES string of the molecule is Cl.NCCc1ccc(C(=O)CSc2nc(C(F)(F)F)nc3ccccc23)s1. The molecule has 0 saturated carbocycles. The van der Waals surface area contributed by atoms with Crippen molar-refractivity contribution in [2.24, 2.45) is 5.73 Å². The predicted octanol–water partition coefficient (Wildman–Crippen LogP) is 4.61. The predicted molar refractivity (Wildman–Crippen MR) is 104 cm³/mol. The number of thiophene rings is 1. The minimum absolute atomic E-state index is 0. The summed E-state index contributed by atoms with van der Waals surface area (Å²) in [7, 11) is 0. The number of carbonyl (C=O) groups is 1. The highest BCUT2D eigenvalue weighted by Crippen LogP contribution is 2.32. The molecule has 0 spiro atoms. The lowest BCUT2D eigenvalue weighted by molar-refractivity contribution is -0.145. The number of hydrogen-bond acceptors (Lipinski definition) is 6. The van der Waals surface area contributed by atoms with Gasteiger partial charge in [0.25, 0.3) is 0 Å². The molecule has 0 fully saturated rings. The molecule has 0 aliphatic carbocycles. The molecule has 2 heterocycles. The molecule has 27 heavy (non-hydrogen) atoms. The quantitative estimate of drug-likeness (QED) is 0.349. The number of aromatic nitrogens is 2. The second-order valence-corrected chi connectivity index (χ2v) is 7.52. The zero-order valence-corrected chi connectivity index (χ0v) is 16.3. The number of rotatable bonds is 6. The molecule has 0 bridgehead atoms. The van der Waals surface area contributed by atoms with Crippen LogP contribution in [-0.2, 0) is 12.6 Å². The van der Waals surface area contributed by atoms with Gasteiger partial charge in [-0.1, -0.05) is 30.0 Å². The van der Waals surface area contributed by atoms with Crippen molar-refractivity contribution in [1.82, 2.24) is 9.97 Å². The van der Waals surface area contributed by atoms with Crippen LogP contribution >= 0.6 is 35.5 Å². The van der Waals surface area contributed by atoms with Crippen LogP contribution in [0, 0.1) is 0 Å². The fourth-order valence-corrected chi connectivity index (χ4v) is 4.25. The van der Waals surface area contributed by atoms with Gasteiger partial charge in [0.2, 0.25) is 5.82 Å². The average molecular weight is 434 g/mol. The molecule has 1 aromatic carbocycles. The number of carbonyl (C=O) groups excluding carboxylic acids is 1. The number of alkyl halides is 3. The highest BCUT2D eigenvalue weighted by Gasteiger charge is 2.35. The van der Waals surface area contributed by atoms with E-state index in [0.717, 1.165) is 16.6 Å². The Morgan fingerprint density at radius 3 is 2.59 bits per heavy atom. The lowest BCUT2D eigenvalue weighted by Gasteiger charge is -2.09. The topological polar surface area (TPSA) is 68.9 Å². The maximum atomic E-state index is 13.0. The van der Waals surface area contributed by atoms with Crippen LogP contribution in [0.15, 0.2) is 41.4 Å². The summed E-state index contributed by atoms with van der Waals surface area (Å²) in [6.45, 7) is 0.496. The monoisotopic (exact) mass is 433 g/mol. The zero-order chi connectivity index (χ0) is 18.7. The van der Waals surface area contributed by atoms with Crippen molar-refractivity contribution in [3.8, 4) is 0 Å². The third kappa shape index (κ3) is 5.19. The molecule has 0 radical (unpaired) electrons. The molecule has 4 nitrogen and oxygen atoms in total. The van der Waals surface area contributed by atoms with Gasteiger partial charge in [-0.15, -0.1) is 23.7 Å². The number of fused-ring (bicyclic) bond motifs is 1.